The van der Waals surface area contributed by atoms with Gasteiger partial charge in [-0.1, -0.05) is 48.0 Å². The summed E-state index contributed by atoms with van der Waals surface area (Å²) >= 11 is 0. The summed E-state index contributed by atoms with van der Waals surface area (Å²) in [5, 5.41) is 4.49. The number of carbonyl (C=O) groups excluding carboxylic acids is 2. The molecule has 0 aliphatic rings. The maximum atomic E-state index is 12.4. The van der Waals surface area contributed by atoms with Gasteiger partial charge in [-0.3, -0.25) is 9.59 Å². The molecule has 4 nitrogen and oxygen atoms in total. The van der Waals surface area contributed by atoms with Gasteiger partial charge in [0.05, 0.1) is 0 Å². The molecule has 0 aromatic heterocycles. The van der Waals surface area contributed by atoms with Gasteiger partial charge in [-0.25, -0.2) is 0 Å². The fraction of sp³-hybridized carbons (Fsp3) is 0.263. The zero-order valence-electron chi connectivity index (χ0n) is 14.2. The highest BCUT2D eigenvalue weighted by molar-refractivity contribution is 5.95. The highest BCUT2D eigenvalue weighted by Gasteiger charge is 2.38. The van der Waals surface area contributed by atoms with Gasteiger partial charge in [0.15, 0.2) is 0 Å². The van der Waals surface area contributed by atoms with Crippen LogP contribution >= 0.6 is 0 Å². The predicted octanol–water partition coefficient (Wildman–Crippen LogP) is 3.74. The minimum absolute atomic E-state index is 0.0220. The molecule has 0 aliphatic heterocycles. The van der Waals surface area contributed by atoms with E-state index in [4.69, 9.17) is 0 Å². The average molecular weight is 364 g/mol. The van der Waals surface area contributed by atoms with Crippen molar-refractivity contribution in [3.05, 3.63) is 65.2 Å². The monoisotopic (exact) mass is 364 g/mol. The Morgan fingerprint density at radius 1 is 1.04 bits per heavy atom. The summed E-state index contributed by atoms with van der Waals surface area (Å²) in [7, 11) is 0. The normalized spacial score (nSPS) is 11.1. The van der Waals surface area contributed by atoms with Crippen molar-refractivity contribution >= 4 is 17.5 Å². The molecule has 0 bridgehead atoms. The Hall–Kier alpha value is -2.83. The molecule has 0 unspecified atom stereocenters. The van der Waals surface area contributed by atoms with Crippen LogP contribution in [0.1, 0.15) is 23.1 Å². The molecule has 138 valence electrons. The van der Waals surface area contributed by atoms with Gasteiger partial charge < -0.3 is 10.6 Å². The van der Waals surface area contributed by atoms with E-state index in [0.717, 1.165) is 11.1 Å². The van der Waals surface area contributed by atoms with E-state index in [0.29, 0.717) is 12.0 Å². The molecule has 0 heterocycles. The molecule has 0 atom stereocenters. The molecular formula is C19H19F3N2O2. The van der Waals surface area contributed by atoms with Crippen LogP contribution in [0.4, 0.5) is 18.9 Å². The average Bonchev–Trinajstić information content (AvgIpc) is 2.58. The maximum absolute atomic E-state index is 12.4. The van der Waals surface area contributed by atoms with Crippen molar-refractivity contribution in [1.82, 2.24) is 5.32 Å². The highest BCUT2D eigenvalue weighted by atomic mass is 19.4. The van der Waals surface area contributed by atoms with Gasteiger partial charge in [0.2, 0.25) is 5.91 Å². The number of anilines is 1. The summed E-state index contributed by atoms with van der Waals surface area (Å²) in [5.74, 6) is -2.26. The summed E-state index contributed by atoms with van der Waals surface area (Å²) < 4.78 is 37.2. The molecule has 0 fully saturated rings. The standard InChI is InChI=1S/C19H19F3N2O2/c1-13-5-4-6-14(11-13)9-10-17(25)23-12-15-7-2-3-8-16(15)24-18(26)19(20,21)22/h2-8,11H,9-10,12H2,1H3,(H,23,25)(H,24,26). The Morgan fingerprint density at radius 2 is 1.77 bits per heavy atom. The van der Waals surface area contributed by atoms with E-state index in [9.17, 15) is 22.8 Å². The first-order chi connectivity index (χ1) is 12.3. The van der Waals surface area contributed by atoms with Gasteiger partial charge in [-0.2, -0.15) is 13.2 Å². The number of amides is 2. The van der Waals surface area contributed by atoms with Crippen molar-refractivity contribution in [2.45, 2.75) is 32.5 Å². The largest absolute Gasteiger partial charge is 0.471 e. The number of alkyl halides is 3. The third-order valence-electron chi connectivity index (χ3n) is 3.72. The fourth-order valence-electron chi connectivity index (χ4n) is 2.40. The zero-order chi connectivity index (χ0) is 19.2. The Kier molecular flexibility index (Phi) is 6.38. The number of benzene rings is 2. The summed E-state index contributed by atoms with van der Waals surface area (Å²) in [4.78, 5) is 23.1. The number of para-hydroxylation sites is 1. The molecule has 0 aliphatic carbocycles. The van der Waals surface area contributed by atoms with E-state index < -0.39 is 12.1 Å². The van der Waals surface area contributed by atoms with E-state index in [1.807, 2.05) is 36.5 Å². The maximum Gasteiger partial charge on any atom is 0.471 e. The lowest BCUT2D eigenvalue weighted by Gasteiger charge is -2.13. The van der Waals surface area contributed by atoms with E-state index >= 15 is 0 Å². The van der Waals surface area contributed by atoms with Gasteiger partial charge in [-0.15, -0.1) is 0 Å². The van der Waals surface area contributed by atoms with Crippen molar-refractivity contribution in [1.29, 1.82) is 0 Å². The van der Waals surface area contributed by atoms with Crippen LogP contribution in [0.3, 0.4) is 0 Å². The van der Waals surface area contributed by atoms with Crippen LogP contribution in [0, 0.1) is 6.92 Å². The first kappa shape index (κ1) is 19.5. The van der Waals surface area contributed by atoms with Crippen molar-refractivity contribution in [3.63, 3.8) is 0 Å². The first-order valence-electron chi connectivity index (χ1n) is 8.04. The van der Waals surface area contributed by atoms with Gasteiger partial charge >= 0.3 is 12.1 Å². The third kappa shape index (κ3) is 5.91. The molecule has 0 saturated carbocycles. The second-order valence-electron chi connectivity index (χ2n) is 5.87. The first-order valence-corrected chi connectivity index (χ1v) is 8.04. The Balaban J connectivity index is 1.90. The zero-order valence-corrected chi connectivity index (χ0v) is 14.2. The second-order valence-corrected chi connectivity index (χ2v) is 5.87. The molecule has 7 heteroatoms. The van der Waals surface area contributed by atoms with Gasteiger partial charge in [0.1, 0.15) is 0 Å². The van der Waals surface area contributed by atoms with Crippen molar-refractivity contribution < 1.29 is 22.8 Å². The lowest BCUT2D eigenvalue weighted by molar-refractivity contribution is -0.167. The van der Waals surface area contributed by atoms with Crippen molar-refractivity contribution in [3.8, 4) is 0 Å². The molecule has 2 aromatic carbocycles. The Labute approximate surface area is 149 Å². The summed E-state index contributed by atoms with van der Waals surface area (Å²) in [6.07, 6.45) is -4.13. The topological polar surface area (TPSA) is 58.2 Å². The Bertz CT molecular complexity index is 788. The molecule has 2 amide bonds. The number of hydrogen-bond acceptors (Lipinski definition) is 2. The quantitative estimate of drug-likeness (QED) is 0.820. The number of carbonyl (C=O) groups is 2. The molecule has 2 N–H and O–H groups in total. The SMILES string of the molecule is Cc1cccc(CCC(=O)NCc2ccccc2NC(=O)C(F)(F)F)c1. The molecule has 0 saturated heterocycles. The summed E-state index contributed by atoms with van der Waals surface area (Å²) in [6.45, 7) is 2.00. The van der Waals surface area contributed by atoms with Crippen LogP contribution in [-0.2, 0) is 22.6 Å². The van der Waals surface area contributed by atoms with Crippen LogP contribution in [-0.4, -0.2) is 18.0 Å². The van der Waals surface area contributed by atoms with E-state index in [1.54, 1.807) is 12.1 Å². The summed E-state index contributed by atoms with van der Waals surface area (Å²) in [6, 6.07) is 13.9. The molecule has 0 radical (unpaired) electrons. The fourth-order valence-corrected chi connectivity index (χ4v) is 2.40. The van der Waals surface area contributed by atoms with Crippen molar-refractivity contribution in [2.75, 3.05) is 5.32 Å². The molecule has 2 aromatic rings. The van der Waals surface area contributed by atoms with E-state index in [-0.39, 0.29) is 24.6 Å². The second kappa shape index (κ2) is 8.51. The molecule has 2 rings (SSSR count). The van der Waals surface area contributed by atoms with Gasteiger partial charge in [0.25, 0.3) is 0 Å². The number of aryl methyl sites for hydroxylation is 2. The number of nitrogens with one attached hydrogen (secondary N) is 2. The van der Waals surface area contributed by atoms with Crippen LogP contribution in [0.2, 0.25) is 0 Å². The molecule has 0 spiro atoms. The van der Waals surface area contributed by atoms with Crippen LogP contribution in [0.15, 0.2) is 48.5 Å². The van der Waals surface area contributed by atoms with Crippen LogP contribution in [0.25, 0.3) is 0 Å². The predicted molar refractivity (Wildman–Crippen MR) is 92.5 cm³/mol. The number of halogens is 3. The Morgan fingerprint density at radius 3 is 2.46 bits per heavy atom. The van der Waals surface area contributed by atoms with Gasteiger partial charge in [0, 0.05) is 18.7 Å². The van der Waals surface area contributed by atoms with E-state index in [1.165, 1.54) is 12.1 Å². The van der Waals surface area contributed by atoms with E-state index in [2.05, 4.69) is 5.32 Å². The lowest BCUT2D eigenvalue weighted by Crippen LogP contribution is -2.31. The smallest absolute Gasteiger partial charge is 0.352 e. The van der Waals surface area contributed by atoms with Gasteiger partial charge in [-0.05, 0) is 30.5 Å². The summed E-state index contributed by atoms with van der Waals surface area (Å²) in [5.41, 5.74) is 2.57. The van der Waals surface area contributed by atoms with Crippen LogP contribution < -0.4 is 10.6 Å². The number of rotatable bonds is 6. The number of hydrogen-bond donors (Lipinski definition) is 2. The highest BCUT2D eigenvalue weighted by Crippen LogP contribution is 2.21. The lowest BCUT2D eigenvalue weighted by atomic mass is 10.1. The molecular weight excluding hydrogens is 345 g/mol. The third-order valence-corrected chi connectivity index (χ3v) is 3.72. The minimum Gasteiger partial charge on any atom is -0.352 e. The van der Waals surface area contributed by atoms with Crippen LogP contribution in [0.5, 0.6) is 0 Å². The van der Waals surface area contributed by atoms with Crippen molar-refractivity contribution in [2.24, 2.45) is 0 Å². The minimum atomic E-state index is -4.97. The molecule has 26 heavy (non-hydrogen) atoms.